The lowest BCUT2D eigenvalue weighted by atomic mass is 9.91. The van der Waals surface area contributed by atoms with Crippen molar-refractivity contribution in [3.8, 4) is 5.69 Å². The first-order valence-electron chi connectivity index (χ1n) is 9.23. The van der Waals surface area contributed by atoms with Crippen molar-refractivity contribution in [1.82, 2.24) is 15.1 Å². The number of anilines is 1. The maximum atomic E-state index is 13.0. The first kappa shape index (κ1) is 21.7. The van der Waals surface area contributed by atoms with Crippen molar-refractivity contribution in [2.24, 2.45) is 0 Å². The fourth-order valence-corrected chi connectivity index (χ4v) is 3.89. The van der Waals surface area contributed by atoms with Gasteiger partial charge >= 0.3 is 0 Å². The normalized spacial score (nSPS) is 14.3. The maximum Gasteiger partial charge on any atom is 0.259 e. The third-order valence-electron chi connectivity index (χ3n) is 4.93. The molecule has 4 rings (SSSR count). The summed E-state index contributed by atoms with van der Waals surface area (Å²) in [6.07, 6.45) is 3.55. The average molecular weight is 452 g/mol. The van der Waals surface area contributed by atoms with Crippen LogP contribution in [0.3, 0.4) is 0 Å². The van der Waals surface area contributed by atoms with E-state index in [9.17, 15) is 4.79 Å². The minimum atomic E-state index is -0.184. The number of rotatable bonds is 4. The molecular weight excluding hydrogens is 431 g/mol. The molecule has 1 saturated heterocycles. The molecule has 0 unspecified atom stereocenters. The van der Waals surface area contributed by atoms with E-state index in [0.717, 1.165) is 37.3 Å². The highest BCUT2D eigenvalue weighted by atomic mass is 35.5. The zero-order valence-electron chi connectivity index (χ0n) is 15.6. The molecular formula is C21H21Cl3N4O. The number of aromatic nitrogens is 2. The second kappa shape index (κ2) is 9.63. The van der Waals surface area contributed by atoms with Gasteiger partial charge in [0, 0.05) is 21.7 Å². The molecule has 0 radical (unpaired) electrons. The van der Waals surface area contributed by atoms with Crippen molar-refractivity contribution in [2.45, 2.75) is 18.8 Å². The Morgan fingerprint density at radius 1 is 1.07 bits per heavy atom. The Hall–Kier alpha value is -2.05. The first-order valence-corrected chi connectivity index (χ1v) is 9.99. The quantitative estimate of drug-likeness (QED) is 0.564. The van der Waals surface area contributed by atoms with Crippen LogP contribution in [-0.4, -0.2) is 28.8 Å². The summed E-state index contributed by atoms with van der Waals surface area (Å²) in [5.41, 5.74) is 3.07. The number of carbonyl (C=O) groups is 1. The number of halogens is 3. The number of hydrogen-bond donors (Lipinski definition) is 2. The van der Waals surface area contributed by atoms with Gasteiger partial charge in [0.15, 0.2) is 0 Å². The number of piperidine rings is 1. The van der Waals surface area contributed by atoms with Crippen LogP contribution in [0.5, 0.6) is 0 Å². The Kier molecular flexibility index (Phi) is 7.19. The van der Waals surface area contributed by atoms with Gasteiger partial charge in [0.05, 0.1) is 23.1 Å². The van der Waals surface area contributed by atoms with Gasteiger partial charge in [0.2, 0.25) is 0 Å². The van der Waals surface area contributed by atoms with Crippen molar-refractivity contribution in [3.63, 3.8) is 0 Å². The van der Waals surface area contributed by atoms with Crippen LogP contribution < -0.4 is 10.6 Å². The number of benzene rings is 2. The third-order valence-corrected chi connectivity index (χ3v) is 5.42. The molecule has 1 aliphatic heterocycles. The number of nitrogens with one attached hydrogen (secondary N) is 2. The van der Waals surface area contributed by atoms with Crippen molar-refractivity contribution in [1.29, 1.82) is 0 Å². The van der Waals surface area contributed by atoms with Crippen LogP contribution in [0.25, 0.3) is 5.69 Å². The molecule has 0 bridgehead atoms. The van der Waals surface area contributed by atoms with Crippen LogP contribution in [0.2, 0.25) is 10.0 Å². The zero-order chi connectivity index (χ0) is 19.5. The molecule has 8 heteroatoms. The summed E-state index contributed by atoms with van der Waals surface area (Å²) in [7, 11) is 0. The number of hydrogen-bond acceptors (Lipinski definition) is 3. The van der Waals surface area contributed by atoms with Crippen molar-refractivity contribution in [3.05, 3.63) is 76.0 Å². The number of amides is 1. The van der Waals surface area contributed by atoms with E-state index in [1.54, 1.807) is 18.3 Å². The minimum absolute atomic E-state index is 0. The minimum Gasteiger partial charge on any atom is -0.322 e. The highest BCUT2D eigenvalue weighted by molar-refractivity contribution is 6.31. The molecule has 2 heterocycles. The predicted octanol–water partition coefficient (Wildman–Crippen LogP) is 5.32. The fraction of sp³-hybridized carbons (Fsp3) is 0.238. The van der Waals surface area contributed by atoms with Gasteiger partial charge in [-0.05, 0) is 68.4 Å². The van der Waals surface area contributed by atoms with E-state index >= 15 is 0 Å². The number of nitrogens with zero attached hydrogens (tertiary/aromatic N) is 2. The molecule has 1 fully saturated rings. The highest BCUT2D eigenvalue weighted by Crippen LogP contribution is 2.31. The van der Waals surface area contributed by atoms with Gasteiger partial charge in [0.1, 0.15) is 0 Å². The second-order valence-electron chi connectivity index (χ2n) is 6.82. The molecule has 29 heavy (non-hydrogen) atoms. The maximum absolute atomic E-state index is 13.0. The lowest BCUT2D eigenvalue weighted by molar-refractivity contribution is 0.102. The van der Waals surface area contributed by atoms with Gasteiger partial charge in [0.25, 0.3) is 5.91 Å². The molecule has 1 aliphatic rings. The number of carbonyl (C=O) groups excluding carboxylic acids is 1. The van der Waals surface area contributed by atoms with Crippen LogP contribution in [0.15, 0.2) is 54.7 Å². The Balaban J connectivity index is 0.00000240. The van der Waals surface area contributed by atoms with Crippen LogP contribution in [0.1, 0.15) is 34.8 Å². The molecule has 0 aliphatic carbocycles. The Labute approximate surface area is 185 Å². The van der Waals surface area contributed by atoms with E-state index in [-0.39, 0.29) is 24.2 Å². The largest absolute Gasteiger partial charge is 0.322 e. The molecule has 2 aromatic carbocycles. The molecule has 0 spiro atoms. The van der Waals surface area contributed by atoms with Crippen molar-refractivity contribution in [2.75, 3.05) is 18.4 Å². The van der Waals surface area contributed by atoms with Crippen LogP contribution in [0, 0.1) is 0 Å². The fourth-order valence-electron chi connectivity index (χ4n) is 3.57. The lowest BCUT2D eigenvalue weighted by Gasteiger charge is -2.24. The Morgan fingerprint density at radius 2 is 1.79 bits per heavy atom. The smallest absolute Gasteiger partial charge is 0.259 e. The monoisotopic (exact) mass is 450 g/mol. The highest BCUT2D eigenvalue weighted by Gasteiger charge is 2.27. The zero-order valence-corrected chi connectivity index (χ0v) is 17.9. The van der Waals surface area contributed by atoms with Crippen LogP contribution >= 0.6 is 35.6 Å². The van der Waals surface area contributed by atoms with E-state index < -0.39 is 0 Å². The molecule has 5 nitrogen and oxygen atoms in total. The standard InChI is InChI=1S/C21H20Cl2N4O.ClH/c22-15-4-6-18(7-5-15)27-20(14-8-10-24-11-9-14)19(13-25-27)21(28)26-17-3-1-2-16(23)12-17;/h1-7,12-14,24H,8-11H2,(H,26,28);1H. The van der Waals surface area contributed by atoms with Crippen molar-refractivity contribution >= 4 is 47.2 Å². The van der Waals surface area contributed by atoms with Gasteiger partial charge < -0.3 is 10.6 Å². The molecule has 1 aromatic heterocycles. The molecule has 1 amide bonds. The average Bonchev–Trinajstić information content (AvgIpc) is 3.14. The van der Waals surface area contributed by atoms with Gasteiger partial charge in [-0.15, -0.1) is 12.4 Å². The summed E-state index contributed by atoms with van der Waals surface area (Å²) in [4.78, 5) is 13.0. The topological polar surface area (TPSA) is 59.0 Å². The van der Waals surface area contributed by atoms with Crippen LogP contribution in [-0.2, 0) is 0 Å². The predicted molar refractivity (Wildman–Crippen MR) is 120 cm³/mol. The second-order valence-corrected chi connectivity index (χ2v) is 7.69. The van der Waals surface area contributed by atoms with Gasteiger partial charge in [-0.3, -0.25) is 4.79 Å². The molecule has 152 valence electrons. The van der Waals surface area contributed by atoms with Crippen LogP contribution in [0.4, 0.5) is 5.69 Å². The summed E-state index contributed by atoms with van der Waals surface area (Å²) in [5, 5.41) is 12.1. The van der Waals surface area contributed by atoms with E-state index in [4.69, 9.17) is 23.2 Å². The molecule has 3 aromatic rings. The summed E-state index contributed by atoms with van der Waals surface area (Å²) < 4.78 is 1.86. The summed E-state index contributed by atoms with van der Waals surface area (Å²) in [6.45, 7) is 1.84. The molecule has 0 atom stereocenters. The summed E-state index contributed by atoms with van der Waals surface area (Å²) in [6, 6.07) is 14.6. The first-order chi connectivity index (χ1) is 13.6. The van der Waals surface area contributed by atoms with E-state index in [1.807, 2.05) is 41.1 Å². The van der Waals surface area contributed by atoms with E-state index in [0.29, 0.717) is 21.3 Å². The molecule has 0 saturated carbocycles. The van der Waals surface area contributed by atoms with E-state index in [1.165, 1.54) is 0 Å². The van der Waals surface area contributed by atoms with Crippen molar-refractivity contribution < 1.29 is 4.79 Å². The van der Waals surface area contributed by atoms with E-state index in [2.05, 4.69) is 15.7 Å². The van der Waals surface area contributed by atoms with Gasteiger partial charge in [-0.1, -0.05) is 29.3 Å². The summed E-state index contributed by atoms with van der Waals surface area (Å²) >= 11 is 12.1. The van der Waals surface area contributed by atoms with Gasteiger partial charge in [-0.2, -0.15) is 5.10 Å². The third kappa shape index (κ3) is 4.93. The lowest BCUT2D eigenvalue weighted by Crippen LogP contribution is -2.29. The Bertz CT molecular complexity index is 982. The Morgan fingerprint density at radius 3 is 2.48 bits per heavy atom. The SMILES string of the molecule is Cl.O=C(Nc1cccc(Cl)c1)c1cnn(-c2ccc(Cl)cc2)c1C1CCNCC1. The summed E-state index contributed by atoms with van der Waals surface area (Å²) in [5.74, 6) is 0.0653. The molecule has 2 N–H and O–H groups in total. The van der Waals surface area contributed by atoms with Gasteiger partial charge in [-0.25, -0.2) is 4.68 Å².